The number of carbonyl (C=O) groups excluding carboxylic acids is 1. The molecular weight excluding hydrogens is 300 g/mol. The van der Waals surface area contributed by atoms with Crippen LogP contribution in [0.15, 0.2) is 0 Å². The van der Waals surface area contributed by atoms with Gasteiger partial charge in [-0.1, -0.05) is 25.7 Å². The van der Waals surface area contributed by atoms with E-state index in [0.29, 0.717) is 0 Å². The van der Waals surface area contributed by atoms with Gasteiger partial charge in [0.1, 0.15) is 19.0 Å². The molecule has 2 saturated carbocycles. The van der Waals surface area contributed by atoms with Gasteiger partial charge in [-0.05, 0) is 38.5 Å². The number of hydrogen-bond acceptors (Lipinski definition) is 6. The lowest BCUT2D eigenvalue weighted by atomic mass is 9.97. The molecule has 1 N–H and O–H groups in total. The monoisotopic (exact) mass is 328 g/mol. The molecular formula is C17H28O6. The van der Waals surface area contributed by atoms with Crippen molar-refractivity contribution in [1.82, 2.24) is 0 Å². The van der Waals surface area contributed by atoms with Gasteiger partial charge in [0.2, 0.25) is 0 Å². The molecule has 1 aliphatic heterocycles. The number of hydrogen-bond donors (Lipinski definition) is 1. The molecule has 0 aromatic rings. The topological polar surface area (TPSA) is 74.2 Å². The van der Waals surface area contributed by atoms with Crippen molar-refractivity contribution in [3.63, 3.8) is 0 Å². The van der Waals surface area contributed by atoms with Gasteiger partial charge in [-0.2, -0.15) is 0 Å². The Morgan fingerprint density at radius 1 is 0.913 bits per heavy atom. The molecule has 1 saturated heterocycles. The minimum atomic E-state index is -1.15. The van der Waals surface area contributed by atoms with Crippen LogP contribution in [0.5, 0.6) is 0 Å². The van der Waals surface area contributed by atoms with Crippen LogP contribution in [0.3, 0.4) is 0 Å². The largest absolute Gasteiger partial charge is 0.460 e. The molecule has 0 radical (unpaired) electrons. The van der Waals surface area contributed by atoms with Gasteiger partial charge >= 0.3 is 5.97 Å². The predicted molar refractivity (Wildman–Crippen MR) is 81.5 cm³/mol. The third kappa shape index (κ3) is 4.66. The van der Waals surface area contributed by atoms with Crippen LogP contribution in [-0.2, 0) is 23.7 Å². The first kappa shape index (κ1) is 17.1. The number of esters is 1. The summed E-state index contributed by atoms with van der Waals surface area (Å²) < 4.78 is 21.9. The van der Waals surface area contributed by atoms with Crippen LogP contribution in [-0.4, -0.2) is 48.6 Å². The first-order valence-electron chi connectivity index (χ1n) is 9.01. The number of ether oxygens (including phenoxy) is 4. The zero-order valence-corrected chi connectivity index (χ0v) is 13.7. The molecule has 3 unspecified atom stereocenters. The Balaban J connectivity index is 1.50. The van der Waals surface area contributed by atoms with Crippen LogP contribution < -0.4 is 0 Å². The Labute approximate surface area is 137 Å². The number of carbonyl (C=O) groups is 1. The lowest BCUT2D eigenvalue weighted by Gasteiger charge is -2.29. The van der Waals surface area contributed by atoms with Gasteiger partial charge in [-0.25, -0.2) is 4.79 Å². The van der Waals surface area contributed by atoms with Crippen LogP contribution in [0.25, 0.3) is 0 Å². The fraction of sp³-hybridized carbons (Fsp3) is 0.941. The first-order valence-corrected chi connectivity index (χ1v) is 9.01. The van der Waals surface area contributed by atoms with E-state index in [-0.39, 0.29) is 19.0 Å². The summed E-state index contributed by atoms with van der Waals surface area (Å²) in [5, 5.41) is 10.3. The fourth-order valence-electron chi connectivity index (χ4n) is 3.70. The standard InChI is InChI=1S/C17H28O6/c18-16(22-12-7-3-1-4-8-12)14-15(21-11-20-14)17(19)23-13-9-5-2-6-10-13/h12-16,18H,1-11H2. The highest BCUT2D eigenvalue weighted by molar-refractivity contribution is 5.76. The van der Waals surface area contributed by atoms with Gasteiger partial charge in [0, 0.05) is 0 Å². The van der Waals surface area contributed by atoms with Gasteiger partial charge in [-0.15, -0.1) is 0 Å². The van der Waals surface area contributed by atoms with Gasteiger partial charge in [0.25, 0.3) is 0 Å². The van der Waals surface area contributed by atoms with E-state index in [1.165, 1.54) is 12.8 Å². The highest BCUT2D eigenvalue weighted by Gasteiger charge is 2.43. The van der Waals surface area contributed by atoms with Crippen molar-refractivity contribution in [2.24, 2.45) is 0 Å². The molecule has 0 aromatic carbocycles. The Kier molecular flexibility index (Phi) is 6.28. The summed E-state index contributed by atoms with van der Waals surface area (Å²) in [6.45, 7) is -0.0137. The van der Waals surface area contributed by atoms with E-state index < -0.39 is 24.5 Å². The second-order valence-corrected chi connectivity index (χ2v) is 6.82. The second kappa shape index (κ2) is 8.42. The minimum absolute atomic E-state index is 0.0137. The van der Waals surface area contributed by atoms with E-state index in [2.05, 4.69) is 0 Å². The van der Waals surface area contributed by atoms with Crippen molar-refractivity contribution < 1.29 is 28.8 Å². The maximum absolute atomic E-state index is 12.3. The van der Waals surface area contributed by atoms with Crippen LogP contribution in [0.2, 0.25) is 0 Å². The van der Waals surface area contributed by atoms with Gasteiger partial charge in [0.05, 0.1) is 6.10 Å². The number of aliphatic hydroxyl groups excluding tert-OH is 1. The average molecular weight is 328 g/mol. The maximum Gasteiger partial charge on any atom is 0.338 e. The molecule has 0 amide bonds. The zero-order valence-electron chi connectivity index (χ0n) is 13.7. The van der Waals surface area contributed by atoms with E-state index in [1.807, 2.05) is 0 Å². The smallest absolute Gasteiger partial charge is 0.338 e. The summed E-state index contributed by atoms with van der Waals surface area (Å²) in [4.78, 5) is 12.3. The van der Waals surface area contributed by atoms with Crippen LogP contribution >= 0.6 is 0 Å². The third-order valence-electron chi connectivity index (χ3n) is 5.04. The average Bonchev–Trinajstić information content (AvgIpc) is 3.06. The van der Waals surface area contributed by atoms with E-state index in [1.54, 1.807) is 0 Å². The molecule has 23 heavy (non-hydrogen) atoms. The van der Waals surface area contributed by atoms with Crippen molar-refractivity contribution in [3.05, 3.63) is 0 Å². The second-order valence-electron chi connectivity index (χ2n) is 6.82. The summed E-state index contributed by atoms with van der Waals surface area (Å²) in [5.41, 5.74) is 0. The third-order valence-corrected chi connectivity index (χ3v) is 5.04. The van der Waals surface area contributed by atoms with Gasteiger partial charge in [0.15, 0.2) is 12.4 Å². The van der Waals surface area contributed by atoms with Crippen molar-refractivity contribution in [2.45, 2.75) is 94.9 Å². The molecule has 132 valence electrons. The normalized spacial score (nSPS) is 31.9. The van der Waals surface area contributed by atoms with Crippen molar-refractivity contribution >= 4 is 5.97 Å². The Bertz CT molecular complexity index is 375. The molecule has 6 nitrogen and oxygen atoms in total. The molecule has 3 rings (SSSR count). The lowest BCUT2D eigenvalue weighted by Crippen LogP contribution is -2.44. The first-order chi connectivity index (χ1) is 11.2. The Hall–Kier alpha value is -0.690. The van der Waals surface area contributed by atoms with E-state index in [0.717, 1.165) is 51.4 Å². The van der Waals surface area contributed by atoms with Crippen LogP contribution in [0.4, 0.5) is 0 Å². The molecule has 6 heteroatoms. The summed E-state index contributed by atoms with van der Waals surface area (Å²) in [5.74, 6) is -0.439. The summed E-state index contributed by atoms with van der Waals surface area (Å²) >= 11 is 0. The zero-order chi connectivity index (χ0) is 16.1. The lowest BCUT2D eigenvalue weighted by molar-refractivity contribution is -0.203. The number of rotatable bonds is 5. The van der Waals surface area contributed by atoms with Crippen molar-refractivity contribution in [1.29, 1.82) is 0 Å². The number of aliphatic hydroxyl groups is 1. The van der Waals surface area contributed by atoms with E-state index in [4.69, 9.17) is 18.9 Å². The fourth-order valence-corrected chi connectivity index (χ4v) is 3.70. The molecule has 0 bridgehead atoms. The SMILES string of the molecule is O=C(OC1CCCCC1)C1OCOC1C(O)OC1CCCCC1. The molecule has 1 heterocycles. The molecule has 3 fully saturated rings. The molecule has 0 aromatic heterocycles. The van der Waals surface area contributed by atoms with Crippen LogP contribution in [0, 0.1) is 0 Å². The summed E-state index contributed by atoms with van der Waals surface area (Å²) in [6.07, 6.45) is 7.72. The van der Waals surface area contributed by atoms with Gasteiger partial charge in [-0.3, -0.25) is 0 Å². The molecule has 3 aliphatic rings. The van der Waals surface area contributed by atoms with Gasteiger partial charge < -0.3 is 24.1 Å². The highest BCUT2D eigenvalue weighted by atomic mass is 16.7. The molecule has 2 aliphatic carbocycles. The predicted octanol–water partition coefficient (Wildman–Crippen LogP) is 2.27. The highest BCUT2D eigenvalue weighted by Crippen LogP contribution is 2.27. The Morgan fingerprint density at radius 2 is 1.52 bits per heavy atom. The van der Waals surface area contributed by atoms with Crippen molar-refractivity contribution in [3.8, 4) is 0 Å². The minimum Gasteiger partial charge on any atom is -0.460 e. The van der Waals surface area contributed by atoms with Crippen molar-refractivity contribution in [2.75, 3.05) is 6.79 Å². The molecule has 0 spiro atoms. The van der Waals surface area contributed by atoms with E-state index in [9.17, 15) is 9.90 Å². The Morgan fingerprint density at radius 3 is 2.17 bits per heavy atom. The van der Waals surface area contributed by atoms with E-state index >= 15 is 0 Å². The molecule has 3 atom stereocenters. The summed E-state index contributed by atoms with van der Waals surface area (Å²) in [6, 6.07) is 0. The quantitative estimate of drug-likeness (QED) is 0.616. The van der Waals surface area contributed by atoms with Crippen LogP contribution in [0.1, 0.15) is 64.2 Å². The summed E-state index contributed by atoms with van der Waals surface area (Å²) in [7, 11) is 0. The maximum atomic E-state index is 12.3.